The largest absolute Gasteiger partial charge is 0.480 e. The SMILES string of the molecule is Cc1ccc(S(C)(=O)=O)cc1S(=O)(=O)NC(CC(C)C)C(=O)O. The van der Waals surface area contributed by atoms with E-state index in [0.29, 0.717) is 5.56 Å². The first kappa shape index (κ1) is 19.6. The third-order valence-corrected chi connectivity index (χ3v) is 5.90. The minimum atomic E-state index is -4.16. The Hall–Kier alpha value is -1.45. The maximum atomic E-state index is 12.5. The molecule has 0 spiro atoms. The zero-order valence-corrected chi connectivity index (χ0v) is 15.0. The first-order valence-corrected chi connectivity index (χ1v) is 10.3. The van der Waals surface area contributed by atoms with Crippen LogP contribution in [0, 0.1) is 12.8 Å². The molecule has 0 radical (unpaired) electrons. The highest BCUT2D eigenvalue weighted by molar-refractivity contribution is 7.91. The van der Waals surface area contributed by atoms with Crippen molar-refractivity contribution in [3.05, 3.63) is 23.8 Å². The highest BCUT2D eigenvalue weighted by Crippen LogP contribution is 2.21. The fraction of sp³-hybridized carbons (Fsp3) is 0.500. The lowest BCUT2D eigenvalue weighted by molar-refractivity contribution is -0.139. The number of rotatable bonds is 7. The molecule has 0 amide bonds. The van der Waals surface area contributed by atoms with Crippen LogP contribution < -0.4 is 4.72 Å². The predicted octanol–water partition coefficient (Wildman–Crippen LogP) is 1.18. The number of hydrogen-bond donors (Lipinski definition) is 2. The van der Waals surface area contributed by atoms with Gasteiger partial charge in [-0.2, -0.15) is 4.72 Å². The number of sulfone groups is 1. The number of hydrogen-bond acceptors (Lipinski definition) is 5. The van der Waals surface area contributed by atoms with E-state index in [1.807, 2.05) is 0 Å². The molecule has 0 aromatic heterocycles. The summed E-state index contributed by atoms with van der Waals surface area (Å²) in [5, 5.41) is 9.16. The lowest BCUT2D eigenvalue weighted by Gasteiger charge is -2.17. The van der Waals surface area contributed by atoms with E-state index in [1.54, 1.807) is 13.8 Å². The molecule has 0 saturated carbocycles. The van der Waals surface area contributed by atoms with E-state index in [2.05, 4.69) is 4.72 Å². The molecule has 0 aliphatic rings. The van der Waals surface area contributed by atoms with Gasteiger partial charge in [0.25, 0.3) is 0 Å². The van der Waals surface area contributed by atoms with Gasteiger partial charge in [0.15, 0.2) is 9.84 Å². The third kappa shape index (κ3) is 5.29. The van der Waals surface area contributed by atoms with Gasteiger partial charge in [0.1, 0.15) is 6.04 Å². The number of sulfonamides is 1. The smallest absolute Gasteiger partial charge is 0.321 e. The average molecular weight is 363 g/mol. The van der Waals surface area contributed by atoms with Gasteiger partial charge in [0, 0.05) is 6.26 Å². The monoisotopic (exact) mass is 363 g/mol. The van der Waals surface area contributed by atoms with Crippen molar-refractivity contribution in [3.8, 4) is 0 Å². The quantitative estimate of drug-likeness (QED) is 0.751. The number of carboxylic acid groups (broad SMARTS) is 1. The zero-order chi connectivity index (χ0) is 18.0. The molecule has 0 fully saturated rings. The van der Waals surface area contributed by atoms with Gasteiger partial charge in [-0.3, -0.25) is 4.79 Å². The highest BCUT2D eigenvalue weighted by Gasteiger charge is 2.27. The Balaban J connectivity index is 3.30. The van der Waals surface area contributed by atoms with Crippen molar-refractivity contribution < 1.29 is 26.7 Å². The van der Waals surface area contributed by atoms with Crippen LogP contribution in [0.25, 0.3) is 0 Å². The second-order valence-corrected chi connectivity index (χ2v) is 9.54. The maximum Gasteiger partial charge on any atom is 0.321 e. The lowest BCUT2D eigenvalue weighted by atomic mass is 10.1. The fourth-order valence-corrected chi connectivity index (χ4v) is 4.22. The molecule has 1 atom stereocenters. The Morgan fingerprint density at radius 3 is 2.22 bits per heavy atom. The van der Waals surface area contributed by atoms with Crippen LogP contribution in [-0.2, 0) is 24.7 Å². The van der Waals surface area contributed by atoms with Gasteiger partial charge in [0.05, 0.1) is 9.79 Å². The summed E-state index contributed by atoms with van der Waals surface area (Å²) in [6, 6.07) is 2.46. The number of nitrogens with one attached hydrogen (secondary N) is 1. The Bertz CT molecular complexity index is 797. The van der Waals surface area contributed by atoms with Gasteiger partial charge in [-0.05, 0) is 37.0 Å². The lowest BCUT2D eigenvalue weighted by Crippen LogP contribution is -2.41. The molecule has 1 aromatic rings. The van der Waals surface area contributed by atoms with E-state index >= 15 is 0 Å². The van der Waals surface area contributed by atoms with Crippen molar-refractivity contribution in [1.82, 2.24) is 4.72 Å². The second kappa shape index (κ2) is 6.98. The van der Waals surface area contributed by atoms with Crippen LogP contribution in [-0.4, -0.2) is 40.2 Å². The maximum absolute atomic E-state index is 12.5. The van der Waals surface area contributed by atoms with Gasteiger partial charge in [0.2, 0.25) is 10.0 Å². The molecule has 0 saturated heterocycles. The average Bonchev–Trinajstić information content (AvgIpc) is 2.35. The summed E-state index contributed by atoms with van der Waals surface area (Å²) in [7, 11) is -7.73. The van der Waals surface area contributed by atoms with Gasteiger partial charge in [-0.1, -0.05) is 19.9 Å². The molecule has 1 aromatic carbocycles. The Labute approximate surface area is 136 Å². The molecule has 2 N–H and O–H groups in total. The van der Waals surface area contributed by atoms with Crippen molar-refractivity contribution in [1.29, 1.82) is 0 Å². The number of carbonyl (C=O) groups is 1. The summed E-state index contributed by atoms with van der Waals surface area (Å²) in [5.41, 5.74) is 0.332. The molecule has 0 aliphatic carbocycles. The molecular formula is C14H21NO6S2. The Morgan fingerprint density at radius 1 is 1.22 bits per heavy atom. The van der Waals surface area contributed by atoms with E-state index < -0.39 is 31.9 Å². The molecule has 0 aliphatic heterocycles. The van der Waals surface area contributed by atoms with Crippen LogP contribution in [0.15, 0.2) is 28.0 Å². The molecule has 7 nitrogen and oxygen atoms in total. The van der Waals surface area contributed by atoms with E-state index in [4.69, 9.17) is 5.11 Å². The van der Waals surface area contributed by atoms with Gasteiger partial charge in [-0.15, -0.1) is 0 Å². The summed E-state index contributed by atoms with van der Waals surface area (Å²) in [6.45, 7) is 5.07. The third-order valence-electron chi connectivity index (χ3n) is 3.18. The molecule has 1 rings (SSSR count). The molecule has 0 heterocycles. The van der Waals surface area contributed by atoms with Crippen LogP contribution in [0.4, 0.5) is 0 Å². The van der Waals surface area contributed by atoms with Gasteiger partial charge < -0.3 is 5.11 Å². The van der Waals surface area contributed by atoms with E-state index in [9.17, 15) is 21.6 Å². The highest BCUT2D eigenvalue weighted by atomic mass is 32.2. The summed E-state index contributed by atoms with van der Waals surface area (Å²) < 4.78 is 50.2. The molecule has 1 unspecified atom stereocenters. The first-order chi connectivity index (χ1) is 10.3. The Kier molecular flexibility index (Phi) is 5.95. The van der Waals surface area contributed by atoms with E-state index in [-0.39, 0.29) is 22.1 Å². The van der Waals surface area contributed by atoms with Crippen molar-refractivity contribution in [2.75, 3.05) is 6.26 Å². The number of benzene rings is 1. The minimum Gasteiger partial charge on any atom is -0.480 e. The summed E-state index contributed by atoms with van der Waals surface area (Å²) in [5.74, 6) is -1.30. The summed E-state index contributed by atoms with van der Waals surface area (Å²) >= 11 is 0. The van der Waals surface area contributed by atoms with Crippen LogP contribution in [0.3, 0.4) is 0 Å². The summed E-state index contributed by atoms with van der Waals surface area (Å²) in [6.07, 6.45) is 1.10. The fourth-order valence-electron chi connectivity index (χ4n) is 2.02. The zero-order valence-electron chi connectivity index (χ0n) is 13.4. The molecule has 9 heteroatoms. The van der Waals surface area contributed by atoms with E-state index in [1.165, 1.54) is 19.1 Å². The van der Waals surface area contributed by atoms with E-state index in [0.717, 1.165) is 12.3 Å². The van der Waals surface area contributed by atoms with Gasteiger partial charge in [-0.25, -0.2) is 16.8 Å². The second-order valence-electron chi connectivity index (χ2n) is 5.84. The normalized spacial score (nSPS) is 14.0. The molecular weight excluding hydrogens is 342 g/mol. The van der Waals surface area contributed by atoms with Crippen molar-refractivity contribution in [3.63, 3.8) is 0 Å². The van der Waals surface area contributed by atoms with Crippen LogP contribution in [0.2, 0.25) is 0 Å². The summed E-state index contributed by atoms with van der Waals surface area (Å²) in [4.78, 5) is 10.9. The number of aryl methyl sites for hydroxylation is 1. The molecule has 0 bridgehead atoms. The van der Waals surface area contributed by atoms with Crippen molar-refractivity contribution >= 4 is 25.8 Å². The van der Waals surface area contributed by atoms with Crippen molar-refractivity contribution in [2.45, 2.75) is 43.0 Å². The molecule has 23 heavy (non-hydrogen) atoms. The van der Waals surface area contributed by atoms with Gasteiger partial charge >= 0.3 is 5.97 Å². The molecule has 130 valence electrons. The van der Waals surface area contributed by atoms with Crippen LogP contribution in [0.5, 0.6) is 0 Å². The standard InChI is InChI=1S/C14H21NO6S2/c1-9(2)7-12(14(16)17)15-23(20,21)13-8-11(22(4,18)19)6-5-10(13)3/h5-6,8-9,12,15H,7H2,1-4H3,(H,16,17). The minimum absolute atomic E-state index is 0.0257. The first-order valence-electron chi connectivity index (χ1n) is 6.90. The number of carboxylic acids is 1. The predicted molar refractivity (Wildman–Crippen MR) is 85.5 cm³/mol. The van der Waals surface area contributed by atoms with Crippen LogP contribution >= 0.6 is 0 Å². The van der Waals surface area contributed by atoms with Crippen molar-refractivity contribution in [2.24, 2.45) is 5.92 Å². The number of aliphatic carboxylic acids is 1. The topological polar surface area (TPSA) is 118 Å². The van der Waals surface area contributed by atoms with Crippen LogP contribution in [0.1, 0.15) is 25.8 Å². The Morgan fingerprint density at radius 2 is 1.78 bits per heavy atom.